The van der Waals surface area contributed by atoms with Crippen LogP contribution in [0, 0.1) is 0 Å². The maximum atomic E-state index is 12.2. The summed E-state index contributed by atoms with van der Waals surface area (Å²) in [6.45, 7) is 2.79. The summed E-state index contributed by atoms with van der Waals surface area (Å²) in [4.78, 5) is 23.9. The summed E-state index contributed by atoms with van der Waals surface area (Å²) >= 11 is 0. The van der Waals surface area contributed by atoms with Crippen molar-refractivity contribution in [2.75, 3.05) is 6.54 Å². The molecule has 0 aliphatic rings. The first-order valence-electron chi connectivity index (χ1n) is 6.24. The molecule has 0 spiro atoms. The van der Waals surface area contributed by atoms with Crippen LogP contribution in [-0.2, 0) is 6.54 Å². The van der Waals surface area contributed by atoms with E-state index < -0.39 is 0 Å². The van der Waals surface area contributed by atoms with Gasteiger partial charge in [0, 0.05) is 12.7 Å². The number of nitrogens with zero attached hydrogens (tertiary/aromatic N) is 1. The fourth-order valence-corrected chi connectivity index (χ4v) is 1.87. The Kier molecular flexibility index (Phi) is 4.13. The van der Waals surface area contributed by atoms with Gasteiger partial charge < -0.3 is 9.88 Å². The topological polar surface area (TPSA) is 51.1 Å². The SMILES string of the molecule is CCNC(=O)c1cccn(Cc2ccccc2)c1=O. The molecule has 19 heavy (non-hydrogen) atoms. The van der Waals surface area contributed by atoms with Crippen LogP contribution in [-0.4, -0.2) is 17.0 Å². The minimum Gasteiger partial charge on any atom is -0.352 e. The van der Waals surface area contributed by atoms with Crippen molar-refractivity contribution < 1.29 is 4.79 Å². The molecule has 1 aromatic heterocycles. The summed E-state index contributed by atoms with van der Waals surface area (Å²) in [6.07, 6.45) is 1.69. The summed E-state index contributed by atoms with van der Waals surface area (Å²) in [6, 6.07) is 12.9. The molecule has 98 valence electrons. The summed E-state index contributed by atoms with van der Waals surface area (Å²) in [5.74, 6) is -0.324. The highest BCUT2D eigenvalue weighted by atomic mass is 16.2. The van der Waals surface area contributed by atoms with Crippen LogP contribution >= 0.6 is 0 Å². The second kappa shape index (κ2) is 6.00. The fourth-order valence-electron chi connectivity index (χ4n) is 1.87. The molecule has 0 unspecified atom stereocenters. The molecule has 1 aromatic carbocycles. The number of pyridine rings is 1. The molecule has 1 heterocycles. The van der Waals surface area contributed by atoms with Crippen LogP contribution < -0.4 is 10.9 Å². The van der Waals surface area contributed by atoms with E-state index >= 15 is 0 Å². The van der Waals surface area contributed by atoms with E-state index in [1.807, 2.05) is 37.3 Å². The highest BCUT2D eigenvalue weighted by Gasteiger charge is 2.10. The maximum absolute atomic E-state index is 12.2. The monoisotopic (exact) mass is 256 g/mol. The lowest BCUT2D eigenvalue weighted by atomic mass is 10.2. The molecule has 0 fully saturated rings. The molecule has 2 aromatic rings. The first kappa shape index (κ1) is 13.1. The number of nitrogens with one attached hydrogen (secondary N) is 1. The minimum absolute atomic E-state index is 0.181. The van der Waals surface area contributed by atoms with E-state index in [2.05, 4.69) is 5.32 Å². The largest absolute Gasteiger partial charge is 0.352 e. The normalized spacial score (nSPS) is 10.2. The van der Waals surface area contributed by atoms with E-state index in [9.17, 15) is 9.59 Å². The molecule has 0 bridgehead atoms. The molecule has 0 saturated heterocycles. The highest BCUT2D eigenvalue weighted by Crippen LogP contribution is 2.01. The quantitative estimate of drug-likeness (QED) is 0.904. The second-order valence-corrected chi connectivity index (χ2v) is 4.20. The van der Waals surface area contributed by atoms with Crippen molar-refractivity contribution in [1.82, 2.24) is 9.88 Å². The molecular formula is C15H16N2O2. The average Bonchev–Trinajstić information content (AvgIpc) is 2.42. The van der Waals surface area contributed by atoms with Gasteiger partial charge in [-0.3, -0.25) is 9.59 Å². The van der Waals surface area contributed by atoms with E-state index in [0.717, 1.165) is 5.56 Å². The van der Waals surface area contributed by atoms with Crippen molar-refractivity contribution in [2.45, 2.75) is 13.5 Å². The zero-order valence-electron chi connectivity index (χ0n) is 10.8. The lowest BCUT2D eigenvalue weighted by molar-refractivity contribution is 0.0953. The van der Waals surface area contributed by atoms with E-state index in [4.69, 9.17) is 0 Å². The van der Waals surface area contributed by atoms with E-state index in [0.29, 0.717) is 13.1 Å². The molecule has 0 atom stereocenters. The van der Waals surface area contributed by atoms with Crippen LogP contribution in [0.15, 0.2) is 53.5 Å². The Labute approximate surface area is 111 Å². The van der Waals surface area contributed by atoms with Gasteiger partial charge in [-0.15, -0.1) is 0 Å². The molecule has 0 saturated carbocycles. The van der Waals surface area contributed by atoms with E-state index in [1.54, 1.807) is 22.9 Å². The Bertz CT molecular complexity index is 618. The molecule has 0 aliphatic carbocycles. The molecule has 0 radical (unpaired) electrons. The molecule has 1 amide bonds. The van der Waals surface area contributed by atoms with E-state index in [-0.39, 0.29) is 17.0 Å². The summed E-state index contributed by atoms with van der Waals surface area (Å²) in [5.41, 5.74) is 0.940. The minimum atomic E-state index is -0.324. The number of aromatic nitrogens is 1. The van der Waals surface area contributed by atoms with Crippen LogP contribution in [0.5, 0.6) is 0 Å². The Balaban J connectivity index is 2.30. The second-order valence-electron chi connectivity index (χ2n) is 4.20. The zero-order valence-corrected chi connectivity index (χ0v) is 10.8. The number of carbonyl (C=O) groups excluding carboxylic acids is 1. The Morgan fingerprint density at radius 2 is 1.89 bits per heavy atom. The number of hydrogen-bond acceptors (Lipinski definition) is 2. The summed E-state index contributed by atoms with van der Waals surface area (Å²) < 4.78 is 1.54. The van der Waals surface area contributed by atoms with Gasteiger partial charge in [-0.2, -0.15) is 0 Å². The molecular weight excluding hydrogens is 240 g/mol. The smallest absolute Gasteiger partial charge is 0.263 e. The number of hydrogen-bond donors (Lipinski definition) is 1. The van der Waals surface area contributed by atoms with Gasteiger partial charge in [0.2, 0.25) is 0 Å². The third kappa shape index (κ3) is 3.10. The molecule has 2 rings (SSSR count). The zero-order chi connectivity index (χ0) is 13.7. The third-order valence-corrected chi connectivity index (χ3v) is 2.80. The van der Waals surface area contributed by atoms with Crippen LogP contribution in [0.1, 0.15) is 22.8 Å². The van der Waals surface area contributed by atoms with Gasteiger partial charge in [0.05, 0.1) is 6.54 Å². The lowest BCUT2D eigenvalue weighted by Crippen LogP contribution is -2.32. The Morgan fingerprint density at radius 1 is 1.16 bits per heavy atom. The Hall–Kier alpha value is -2.36. The lowest BCUT2D eigenvalue weighted by Gasteiger charge is -2.08. The van der Waals surface area contributed by atoms with Crippen LogP contribution in [0.2, 0.25) is 0 Å². The van der Waals surface area contributed by atoms with Crippen molar-refractivity contribution in [1.29, 1.82) is 0 Å². The van der Waals surface area contributed by atoms with Gasteiger partial charge in [-0.25, -0.2) is 0 Å². The van der Waals surface area contributed by atoms with Crippen LogP contribution in [0.4, 0.5) is 0 Å². The van der Waals surface area contributed by atoms with Crippen LogP contribution in [0.25, 0.3) is 0 Å². The fraction of sp³-hybridized carbons (Fsp3) is 0.200. The van der Waals surface area contributed by atoms with Gasteiger partial charge in [-0.1, -0.05) is 30.3 Å². The number of amides is 1. The maximum Gasteiger partial charge on any atom is 0.263 e. The van der Waals surface area contributed by atoms with Gasteiger partial charge in [0.25, 0.3) is 11.5 Å². The molecule has 4 heteroatoms. The first-order chi connectivity index (χ1) is 9.22. The van der Waals surface area contributed by atoms with Gasteiger partial charge >= 0.3 is 0 Å². The van der Waals surface area contributed by atoms with Crippen molar-refractivity contribution in [3.05, 3.63) is 70.1 Å². The number of rotatable bonds is 4. The van der Waals surface area contributed by atoms with Gasteiger partial charge in [0.1, 0.15) is 5.56 Å². The highest BCUT2D eigenvalue weighted by molar-refractivity contribution is 5.93. The summed E-state index contributed by atoms with van der Waals surface area (Å²) in [5, 5.41) is 2.64. The predicted molar refractivity (Wildman–Crippen MR) is 74.3 cm³/mol. The van der Waals surface area contributed by atoms with Crippen molar-refractivity contribution >= 4 is 5.91 Å². The molecule has 4 nitrogen and oxygen atoms in total. The number of carbonyl (C=O) groups is 1. The predicted octanol–water partition coefficient (Wildman–Crippen LogP) is 1.65. The Morgan fingerprint density at radius 3 is 2.58 bits per heavy atom. The third-order valence-electron chi connectivity index (χ3n) is 2.80. The molecule has 1 N–H and O–H groups in total. The number of benzene rings is 1. The van der Waals surface area contributed by atoms with Crippen molar-refractivity contribution in [3.8, 4) is 0 Å². The van der Waals surface area contributed by atoms with Crippen LogP contribution in [0.3, 0.4) is 0 Å². The van der Waals surface area contributed by atoms with Crippen molar-refractivity contribution in [2.24, 2.45) is 0 Å². The standard InChI is InChI=1S/C15H16N2O2/c1-2-16-14(18)13-9-6-10-17(15(13)19)11-12-7-4-3-5-8-12/h3-10H,2,11H2,1H3,(H,16,18). The molecule has 0 aliphatic heterocycles. The van der Waals surface area contributed by atoms with Gasteiger partial charge in [0.15, 0.2) is 0 Å². The summed E-state index contributed by atoms with van der Waals surface area (Å²) in [7, 11) is 0. The first-order valence-corrected chi connectivity index (χ1v) is 6.24. The average molecular weight is 256 g/mol. The van der Waals surface area contributed by atoms with E-state index in [1.165, 1.54) is 0 Å². The van der Waals surface area contributed by atoms with Gasteiger partial charge in [-0.05, 0) is 24.6 Å². The van der Waals surface area contributed by atoms with Crippen molar-refractivity contribution in [3.63, 3.8) is 0 Å².